The third-order valence-corrected chi connectivity index (χ3v) is 2.83. The van der Waals surface area contributed by atoms with Gasteiger partial charge in [0.25, 0.3) is 0 Å². The molecule has 9 heteroatoms. The van der Waals surface area contributed by atoms with Crippen LogP contribution in [0.4, 0.5) is 5.69 Å². The summed E-state index contributed by atoms with van der Waals surface area (Å²) in [6.07, 6.45) is 0. The number of nitrogens with one attached hydrogen (secondary N) is 2. The summed E-state index contributed by atoms with van der Waals surface area (Å²) in [7, 11) is 0. The summed E-state index contributed by atoms with van der Waals surface area (Å²) >= 11 is 0. The van der Waals surface area contributed by atoms with Crippen LogP contribution in [0, 0.1) is 16.7 Å². The molecule has 0 atom stereocenters. The third-order valence-electron chi connectivity index (χ3n) is 2.83. The topological polar surface area (TPSA) is 143 Å². The monoisotopic (exact) mass is 317 g/mol. The van der Waals surface area contributed by atoms with E-state index in [4.69, 9.17) is 30.6 Å². The van der Waals surface area contributed by atoms with Gasteiger partial charge in [-0.25, -0.2) is 4.79 Å². The Morgan fingerprint density at radius 1 is 1.48 bits per heavy atom. The lowest BCUT2D eigenvalue weighted by atomic mass is 10.1. The van der Waals surface area contributed by atoms with Crippen LogP contribution in [0.2, 0.25) is 0 Å². The zero-order valence-electron chi connectivity index (χ0n) is 12.4. The zero-order chi connectivity index (χ0) is 16.8. The Bertz CT molecular complexity index is 708. The van der Waals surface area contributed by atoms with Gasteiger partial charge in [0.2, 0.25) is 5.71 Å². The summed E-state index contributed by atoms with van der Waals surface area (Å²) in [5.74, 6) is -0.456. The average molecular weight is 317 g/mol. The van der Waals surface area contributed by atoms with Crippen LogP contribution >= 0.6 is 0 Å². The maximum Gasteiger partial charge on any atom is 0.342 e. The maximum absolute atomic E-state index is 11.9. The molecule has 0 radical (unpaired) electrons. The number of nitrogens with two attached hydrogens (primary N) is 1. The molecular formula is C14H15N5O4. The van der Waals surface area contributed by atoms with Crippen LogP contribution in [0.1, 0.15) is 17.3 Å². The van der Waals surface area contributed by atoms with Gasteiger partial charge in [-0.05, 0) is 19.1 Å². The quantitative estimate of drug-likeness (QED) is 0.316. The molecule has 1 aliphatic rings. The second-order valence-electron chi connectivity index (χ2n) is 4.33. The van der Waals surface area contributed by atoms with E-state index in [9.17, 15) is 4.79 Å². The van der Waals surface area contributed by atoms with Crippen molar-refractivity contribution < 1.29 is 19.0 Å². The third kappa shape index (κ3) is 3.49. The Labute approximate surface area is 132 Å². The lowest BCUT2D eigenvalue weighted by molar-refractivity contribution is 0.0516. The molecule has 0 aliphatic carbocycles. The standard InChI is InChI=1S/C14H15N5O4/c1-2-21-14(20)8-3-4-9(12-11(8)22-5-6-23-12)18-19-10(7-15)13(16)17/h3-4,18H,2,5-6H2,1H3,(H3,16,17)/b19-10+. The van der Waals surface area contributed by atoms with Gasteiger partial charge in [-0.2, -0.15) is 10.4 Å². The van der Waals surface area contributed by atoms with Gasteiger partial charge in [0.15, 0.2) is 17.3 Å². The number of ether oxygens (including phenoxy) is 3. The minimum Gasteiger partial charge on any atom is -0.485 e. The Balaban J connectivity index is 2.38. The summed E-state index contributed by atoms with van der Waals surface area (Å²) in [6.45, 7) is 2.54. The highest BCUT2D eigenvalue weighted by Crippen LogP contribution is 2.40. The van der Waals surface area contributed by atoms with E-state index in [2.05, 4.69) is 10.5 Å². The lowest BCUT2D eigenvalue weighted by Crippen LogP contribution is -2.22. The molecule has 9 nitrogen and oxygen atoms in total. The molecule has 4 N–H and O–H groups in total. The zero-order valence-corrected chi connectivity index (χ0v) is 12.4. The number of hydrogen-bond donors (Lipinski definition) is 3. The average Bonchev–Trinajstić information content (AvgIpc) is 2.55. The van der Waals surface area contributed by atoms with E-state index < -0.39 is 11.8 Å². The van der Waals surface area contributed by atoms with Gasteiger partial charge in [-0.3, -0.25) is 10.8 Å². The van der Waals surface area contributed by atoms with Gasteiger partial charge in [-0.15, -0.1) is 0 Å². The fourth-order valence-corrected chi connectivity index (χ4v) is 1.86. The maximum atomic E-state index is 11.9. The number of carbonyl (C=O) groups excluding carboxylic acids is 1. The molecular weight excluding hydrogens is 302 g/mol. The predicted octanol–water partition coefficient (Wildman–Crippen LogP) is 0.862. The summed E-state index contributed by atoms with van der Waals surface area (Å²) < 4.78 is 16.0. The van der Waals surface area contributed by atoms with Crippen LogP contribution in [-0.4, -0.2) is 37.3 Å². The van der Waals surface area contributed by atoms with Crippen LogP contribution in [0.25, 0.3) is 0 Å². The summed E-state index contributed by atoms with van der Waals surface area (Å²) in [5, 5.41) is 19.8. The molecule has 0 spiro atoms. The van der Waals surface area contributed by atoms with E-state index in [-0.39, 0.29) is 29.4 Å². The number of nitrogens with zero attached hydrogens (tertiary/aromatic N) is 2. The number of carbonyl (C=O) groups is 1. The van der Waals surface area contributed by atoms with Gasteiger partial charge >= 0.3 is 5.97 Å². The molecule has 0 saturated carbocycles. The molecule has 23 heavy (non-hydrogen) atoms. The number of nitriles is 1. The number of hydrazone groups is 1. The van der Waals surface area contributed by atoms with Crippen molar-refractivity contribution in [2.24, 2.45) is 10.8 Å². The molecule has 0 saturated heterocycles. The van der Waals surface area contributed by atoms with E-state index in [1.54, 1.807) is 19.1 Å². The fraction of sp³-hybridized carbons (Fsp3) is 0.286. The van der Waals surface area contributed by atoms with Crippen molar-refractivity contribution in [2.75, 3.05) is 25.2 Å². The van der Waals surface area contributed by atoms with Gasteiger partial charge < -0.3 is 19.9 Å². The Morgan fingerprint density at radius 2 is 2.17 bits per heavy atom. The number of rotatable bonds is 5. The van der Waals surface area contributed by atoms with Crippen molar-refractivity contribution in [3.63, 3.8) is 0 Å². The Kier molecular flexibility index (Phi) is 4.99. The lowest BCUT2D eigenvalue weighted by Gasteiger charge is -2.22. The van der Waals surface area contributed by atoms with Crippen LogP contribution in [0.5, 0.6) is 11.5 Å². The first-order valence-electron chi connectivity index (χ1n) is 6.76. The molecule has 0 unspecified atom stereocenters. The van der Waals surface area contributed by atoms with E-state index in [1.165, 1.54) is 6.07 Å². The van der Waals surface area contributed by atoms with Gasteiger partial charge in [0.1, 0.15) is 30.5 Å². The van der Waals surface area contributed by atoms with Gasteiger partial charge in [0, 0.05) is 0 Å². The molecule has 1 aromatic rings. The smallest absolute Gasteiger partial charge is 0.342 e. The second-order valence-corrected chi connectivity index (χ2v) is 4.33. The molecule has 120 valence electrons. The first kappa shape index (κ1) is 16.1. The number of fused-ring (bicyclic) bond motifs is 1. The van der Waals surface area contributed by atoms with Crippen LogP contribution < -0.4 is 20.6 Å². The number of anilines is 1. The highest BCUT2D eigenvalue weighted by molar-refractivity contribution is 6.45. The normalized spacial score (nSPS) is 13.0. The van der Waals surface area contributed by atoms with Gasteiger partial charge in [0.05, 0.1) is 6.61 Å². The summed E-state index contributed by atoms with van der Waals surface area (Å²) in [6, 6.07) is 4.73. The van der Waals surface area contributed by atoms with E-state index in [1.807, 2.05) is 0 Å². The summed E-state index contributed by atoms with van der Waals surface area (Å²) in [5.41, 5.74) is 8.15. The van der Waals surface area contributed by atoms with Crippen LogP contribution in [0.3, 0.4) is 0 Å². The number of benzene rings is 1. The largest absolute Gasteiger partial charge is 0.485 e. The highest BCUT2D eigenvalue weighted by Gasteiger charge is 2.24. The highest BCUT2D eigenvalue weighted by atomic mass is 16.6. The van der Waals surface area contributed by atoms with Crippen molar-refractivity contribution in [3.8, 4) is 17.6 Å². The van der Waals surface area contributed by atoms with Crippen molar-refractivity contribution in [3.05, 3.63) is 17.7 Å². The minimum atomic E-state index is -0.522. The molecule has 1 heterocycles. The molecule has 0 fully saturated rings. The Hall–Kier alpha value is -3.28. The number of esters is 1. The molecule has 1 aromatic carbocycles. The van der Waals surface area contributed by atoms with Crippen molar-refractivity contribution in [1.29, 1.82) is 10.7 Å². The van der Waals surface area contributed by atoms with Gasteiger partial charge in [-0.1, -0.05) is 0 Å². The molecule has 2 rings (SSSR count). The van der Waals surface area contributed by atoms with Crippen molar-refractivity contribution >= 4 is 23.2 Å². The van der Waals surface area contributed by atoms with Crippen molar-refractivity contribution in [1.82, 2.24) is 0 Å². The summed E-state index contributed by atoms with van der Waals surface area (Å²) in [4.78, 5) is 11.9. The van der Waals surface area contributed by atoms with Crippen LogP contribution in [-0.2, 0) is 4.74 Å². The fourth-order valence-electron chi connectivity index (χ4n) is 1.86. The van der Waals surface area contributed by atoms with E-state index in [0.717, 1.165) is 0 Å². The SMILES string of the molecule is CCOC(=O)c1ccc(N/N=C(\C#N)C(=N)N)c2c1OCCO2. The van der Waals surface area contributed by atoms with E-state index >= 15 is 0 Å². The Morgan fingerprint density at radius 3 is 2.78 bits per heavy atom. The second kappa shape index (κ2) is 7.13. The molecule has 1 aliphatic heterocycles. The molecule has 0 amide bonds. The first-order valence-corrected chi connectivity index (χ1v) is 6.76. The van der Waals surface area contributed by atoms with Crippen LogP contribution in [0.15, 0.2) is 17.2 Å². The minimum absolute atomic E-state index is 0.239. The molecule has 0 bridgehead atoms. The van der Waals surface area contributed by atoms with Crippen molar-refractivity contribution in [2.45, 2.75) is 6.92 Å². The number of amidine groups is 1. The number of hydrogen-bond acceptors (Lipinski definition) is 8. The predicted molar refractivity (Wildman–Crippen MR) is 82.0 cm³/mol. The van der Waals surface area contributed by atoms with E-state index in [0.29, 0.717) is 18.9 Å². The molecule has 0 aromatic heterocycles. The first-order chi connectivity index (χ1) is 11.1.